The van der Waals surface area contributed by atoms with Crippen LogP contribution in [0.4, 0.5) is 0 Å². The van der Waals surface area contributed by atoms with Gasteiger partial charge in [0.05, 0.1) is 17.8 Å². The van der Waals surface area contributed by atoms with E-state index in [-0.39, 0.29) is 0 Å². The lowest BCUT2D eigenvalue weighted by atomic mass is 9.86. The molecule has 1 N–H and O–H groups in total. The lowest BCUT2D eigenvalue weighted by molar-refractivity contribution is 0.194. The maximum absolute atomic E-state index is 5.11. The molecule has 1 atom stereocenters. The van der Waals surface area contributed by atoms with E-state index in [0.717, 1.165) is 31.5 Å². The van der Waals surface area contributed by atoms with Crippen molar-refractivity contribution in [2.75, 3.05) is 26.8 Å². The fourth-order valence-electron chi connectivity index (χ4n) is 3.28. The smallest absolute Gasteiger partial charge is 0.0797 e. The number of thiazole rings is 1. The molecule has 0 aliphatic heterocycles. The summed E-state index contributed by atoms with van der Waals surface area (Å²) in [5.41, 5.74) is 3.21. The van der Waals surface area contributed by atoms with Crippen molar-refractivity contribution in [1.29, 1.82) is 0 Å². The van der Waals surface area contributed by atoms with Gasteiger partial charge in [-0.1, -0.05) is 25.7 Å². The number of rotatable bonds is 9. The van der Waals surface area contributed by atoms with Crippen LogP contribution in [-0.2, 0) is 11.2 Å². The molecule has 0 saturated heterocycles. The molecule has 20 heavy (non-hydrogen) atoms. The number of hydrogen-bond acceptors (Lipinski definition) is 4. The molecule has 1 heterocycles. The van der Waals surface area contributed by atoms with Crippen LogP contribution < -0.4 is 5.32 Å². The molecule has 114 valence electrons. The molecule has 1 fully saturated rings. The van der Waals surface area contributed by atoms with Gasteiger partial charge in [-0.25, -0.2) is 4.98 Å². The molecule has 0 amide bonds. The van der Waals surface area contributed by atoms with Crippen molar-refractivity contribution >= 4 is 11.3 Å². The second-order valence-corrected chi connectivity index (χ2v) is 6.84. The first-order chi connectivity index (χ1) is 9.81. The molecule has 1 aliphatic rings. The van der Waals surface area contributed by atoms with E-state index in [2.05, 4.69) is 17.2 Å². The van der Waals surface area contributed by atoms with Crippen LogP contribution in [0.25, 0.3) is 0 Å². The van der Waals surface area contributed by atoms with E-state index in [1.807, 2.05) is 16.8 Å². The Morgan fingerprint density at radius 2 is 2.25 bits per heavy atom. The maximum atomic E-state index is 5.11. The molecular weight excluding hydrogens is 268 g/mol. The van der Waals surface area contributed by atoms with Gasteiger partial charge in [-0.05, 0) is 38.1 Å². The van der Waals surface area contributed by atoms with E-state index >= 15 is 0 Å². The normalized spacial score (nSPS) is 17.7. The van der Waals surface area contributed by atoms with Crippen LogP contribution in [0.2, 0.25) is 0 Å². The summed E-state index contributed by atoms with van der Waals surface area (Å²) in [6.45, 7) is 5.06. The second-order valence-electron chi connectivity index (χ2n) is 5.90. The predicted octanol–water partition coefficient (Wildman–Crippen LogP) is 3.43. The number of aryl methyl sites for hydroxylation is 2. The van der Waals surface area contributed by atoms with Crippen molar-refractivity contribution in [1.82, 2.24) is 10.3 Å². The molecule has 2 rings (SSSR count). The minimum absolute atomic E-state index is 0.811. The van der Waals surface area contributed by atoms with Crippen molar-refractivity contribution in [2.24, 2.45) is 11.8 Å². The third kappa shape index (κ3) is 4.83. The van der Waals surface area contributed by atoms with Gasteiger partial charge in [-0.3, -0.25) is 0 Å². The summed E-state index contributed by atoms with van der Waals surface area (Å²) in [6, 6.07) is 0. The first-order valence-corrected chi connectivity index (χ1v) is 8.78. The minimum Gasteiger partial charge on any atom is -0.383 e. The molecule has 0 spiro atoms. The van der Waals surface area contributed by atoms with Gasteiger partial charge in [-0.2, -0.15) is 0 Å². The molecule has 1 aromatic heterocycles. The molecule has 0 bridgehead atoms. The molecule has 1 aliphatic carbocycles. The zero-order valence-electron chi connectivity index (χ0n) is 12.9. The minimum atomic E-state index is 0.811. The lowest BCUT2D eigenvalue weighted by Gasteiger charge is -2.24. The van der Waals surface area contributed by atoms with Crippen LogP contribution in [0.5, 0.6) is 0 Å². The predicted molar refractivity (Wildman–Crippen MR) is 85.4 cm³/mol. The Bertz CT molecular complexity index is 374. The standard InChI is InChI=1S/C16H28N2OS/c1-13-16(20-12-18-13)8-7-15(11-17-9-10-19-2)14-5-3-4-6-14/h12,14-15,17H,3-11H2,1-2H3. The first kappa shape index (κ1) is 15.9. The third-order valence-corrected chi connectivity index (χ3v) is 5.54. The monoisotopic (exact) mass is 296 g/mol. The van der Waals surface area contributed by atoms with Crippen LogP contribution in [-0.4, -0.2) is 31.8 Å². The Kier molecular flexibility index (Phi) is 6.97. The first-order valence-electron chi connectivity index (χ1n) is 7.90. The quantitative estimate of drug-likeness (QED) is 0.709. The van der Waals surface area contributed by atoms with Crippen LogP contribution >= 0.6 is 11.3 Å². The Balaban J connectivity index is 1.80. The zero-order chi connectivity index (χ0) is 14.2. The summed E-state index contributed by atoms with van der Waals surface area (Å²) in [5, 5.41) is 3.57. The van der Waals surface area contributed by atoms with E-state index in [0.29, 0.717) is 0 Å². The number of methoxy groups -OCH3 is 1. The highest BCUT2D eigenvalue weighted by Crippen LogP contribution is 2.34. The third-order valence-electron chi connectivity index (χ3n) is 4.54. The van der Waals surface area contributed by atoms with Crippen LogP contribution in [0.3, 0.4) is 0 Å². The fourth-order valence-corrected chi connectivity index (χ4v) is 4.07. The molecule has 1 saturated carbocycles. The van der Waals surface area contributed by atoms with Gasteiger partial charge in [0.1, 0.15) is 0 Å². The van der Waals surface area contributed by atoms with Gasteiger partial charge in [0.25, 0.3) is 0 Å². The summed E-state index contributed by atoms with van der Waals surface area (Å²) in [6.07, 6.45) is 8.21. The van der Waals surface area contributed by atoms with Gasteiger partial charge in [-0.15, -0.1) is 11.3 Å². The summed E-state index contributed by atoms with van der Waals surface area (Å²) < 4.78 is 5.11. The average Bonchev–Trinajstić information content (AvgIpc) is 3.10. The molecule has 0 aromatic carbocycles. The van der Waals surface area contributed by atoms with Gasteiger partial charge in [0.2, 0.25) is 0 Å². The van der Waals surface area contributed by atoms with Crippen LogP contribution in [0.15, 0.2) is 5.51 Å². The number of hydrogen-bond donors (Lipinski definition) is 1. The Labute approximate surface area is 127 Å². The van der Waals surface area contributed by atoms with E-state index < -0.39 is 0 Å². The Morgan fingerprint density at radius 3 is 2.90 bits per heavy atom. The highest BCUT2D eigenvalue weighted by molar-refractivity contribution is 7.09. The molecule has 1 aromatic rings. The SMILES string of the molecule is COCCNCC(CCc1scnc1C)C1CCCC1. The zero-order valence-corrected chi connectivity index (χ0v) is 13.7. The van der Waals surface area contributed by atoms with Gasteiger partial charge >= 0.3 is 0 Å². The molecule has 4 heteroatoms. The van der Waals surface area contributed by atoms with Crippen molar-refractivity contribution in [3.8, 4) is 0 Å². The highest BCUT2D eigenvalue weighted by Gasteiger charge is 2.24. The Morgan fingerprint density at radius 1 is 1.45 bits per heavy atom. The van der Waals surface area contributed by atoms with Crippen molar-refractivity contribution in [3.05, 3.63) is 16.1 Å². The topological polar surface area (TPSA) is 34.1 Å². The van der Waals surface area contributed by atoms with Crippen molar-refractivity contribution in [3.63, 3.8) is 0 Å². The van der Waals surface area contributed by atoms with Crippen LogP contribution in [0.1, 0.15) is 42.7 Å². The van der Waals surface area contributed by atoms with E-state index in [4.69, 9.17) is 4.74 Å². The molecule has 3 nitrogen and oxygen atoms in total. The van der Waals surface area contributed by atoms with E-state index in [1.165, 1.54) is 49.1 Å². The van der Waals surface area contributed by atoms with Gasteiger partial charge < -0.3 is 10.1 Å². The molecule has 0 radical (unpaired) electrons. The summed E-state index contributed by atoms with van der Waals surface area (Å²) in [5.74, 6) is 1.74. The largest absolute Gasteiger partial charge is 0.383 e. The van der Waals surface area contributed by atoms with Gasteiger partial charge in [0, 0.05) is 18.5 Å². The number of nitrogens with one attached hydrogen (secondary N) is 1. The second kappa shape index (κ2) is 8.75. The van der Waals surface area contributed by atoms with E-state index in [1.54, 1.807) is 7.11 Å². The fraction of sp³-hybridized carbons (Fsp3) is 0.812. The Hall–Kier alpha value is -0.450. The number of nitrogens with zero attached hydrogens (tertiary/aromatic N) is 1. The summed E-state index contributed by atoms with van der Waals surface area (Å²) in [4.78, 5) is 5.84. The average molecular weight is 296 g/mol. The summed E-state index contributed by atoms with van der Waals surface area (Å²) in [7, 11) is 1.77. The lowest BCUT2D eigenvalue weighted by Crippen LogP contribution is -2.30. The van der Waals surface area contributed by atoms with Crippen molar-refractivity contribution in [2.45, 2.75) is 45.4 Å². The van der Waals surface area contributed by atoms with Crippen molar-refractivity contribution < 1.29 is 4.74 Å². The van der Waals surface area contributed by atoms with Gasteiger partial charge in [0.15, 0.2) is 0 Å². The molecule has 1 unspecified atom stereocenters. The molecular formula is C16H28N2OS. The maximum Gasteiger partial charge on any atom is 0.0797 e. The van der Waals surface area contributed by atoms with Crippen LogP contribution in [0, 0.1) is 18.8 Å². The summed E-state index contributed by atoms with van der Waals surface area (Å²) >= 11 is 1.81. The number of aromatic nitrogens is 1. The van der Waals surface area contributed by atoms with E-state index in [9.17, 15) is 0 Å². The number of ether oxygens (including phenoxy) is 1. The highest BCUT2D eigenvalue weighted by atomic mass is 32.1.